The molecule has 0 atom stereocenters. The molecule has 0 bridgehead atoms. The number of aromatic nitrogens is 2. The predicted molar refractivity (Wildman–Crippen MR) is 115 cm³/mol. The van der Waals surface area contributed by atoms with Crippen LogP contribution >= 0.6 is 0 Å². The zero-order valence-corrected chi connectivity index (χ0v) is 17.7. The standard InChI is InChI=1S/C24H26N2O4/c1-5-29-23(28)21-22(27)20(30-16-17-9-7-6-8-10-17)15-26(25-21)19-13-11-18(12-14-19)24(2,3)4/h6-15H,5,16H2,1-4H3. The highest BCUT2D eigenvalue weighted by Crippen LogP contribution is 2.23. The third-order valence-electron chi connectivity index (χ3n) is 4.59. The van der Waals surface area contributed by atoms with E-state index >= 15 is 0 Å². The van der Waals surface area contributed by atoms with Crippen molar-refractivity contribution in [2.75, 3.05) is 6.61 Å². The van der Waals surface area contributed by atoms with Crippen molar-refractivity contribution in [3.05, 3.63) is 87.8 Å². The molecule has 6 heteroatoms. The Kier molecular flexibility index (Phi) is 6.35. The minimum absolute atomic E-state index is 0.00947. The van der Waals surface area contributed by atoms with Crippen molar-refractivity contribution in [3.63, 3.8) is 0 Å². The van der Waals surface area contributed by atoms with Crippen molar-refractivity contribution >= 4 is 5.97 Å². The van der Waals surface area contributed by atoms with Gasteiger partial charge in [-0.2, -0.15) is 5.10 Å². The lowest BCUT2D eigenvalue weighted by Gasteiger charge is -2.19. The van der Waals surface area contributed by atoms with Gasteiger partial charge >= 0.3 is 5.97 Å². The fourth-order valence-corrected chi connectivity index (χ4v) is 2.89. The van der Waals surface area contributed by atoms with Crippen LogP contribution in [0.5, 0.6) is 5.75 Å². The van der Waals surface area contributed by atoms with E-state index in [4.69, 9.17) is 9.47 Å². The third kappa shape index (κ3) is 4.95. The van der Waals surface area contributed by atoms with Crippen LogP contribution in [0.3, 0.4) is 0 Å². The highest BCUT2D eigenvalue weighted by atomic mass is 16.5. The van der Waals surface area contributed by atoms with Crippen molar-refractivity contribution < 1.29 is 14.3 Å². The van der Waals surface area contributed by atoms with E-state index in [0.717, 1.165) is 5.56 Å². The third-order valence-corrected chi connectivity index (χ3v) is 4.59. The molecule has 0 saturated carbocycles. The van der Waals surface area contributed by atoms with E-state index in [9.17, 15) is 9.59 Å². The Labute approximate surface area is 176 Å². The molecule has 0 spiro atoms. The van der Waals surface area contributed by atoms with E-state index in [0.29, 0.717) is 5.69 Å². The molecule has 0 aliphatic rings. The van der Waals surface area contributed by atoms with E-state index < -0.39 is 11.4 Å². The highest BCUT2D eigenvalue weighted by molar-refractivity contribution is 5.87. The van der Waals surface area contributed by atoms with Gasteiger partial charge < -0.3 is 9.47 Å². The molecule has 3 aromatic rings. The quantitative estimate of drug-likeness (QED) is 0.571. The summed E-state index contributed by atoms with van der Waals surface area (Å²) in [5.74, 6) is -0.732. The molecule has 156 valence electrons. The first-order valence-electron chi connectivity index (χ1n) is 9.88. The van der Waals surface area contributed by atoms with E-state index in [1.807, 2.05) is 54.6 Å². The fraction of sp³-hybridized carbons (Fsp3) is 0.292. The van der Waals surface area contributed by atoms with Crippen LogP contribution in [0.25, 0.3) is 5.69 Å². The van der Waals surface area contributed by atoms with Crippen LogP contribution in [0.1, 0.15) is 49.3 Å². The number of benzene rings is 2. The number of carbonyl (C=O) groups is 1. The second-order valence-electron chi connectivity index (χ2n) is 7.91. The lowest BCUT2D eigenvalue weighted by Crippen LogP contribution is -2.25. The Morgan fingerprint density at radius 1 is 1.03 bits per heavy atom. The largest absolute Gasteiger partial charge is 0.483 e. The van der Waals surface area contributed by atoms with Gasteiger partial charge in [-0.05, 0) is 35.6 Å². The molecule has 3 rings (SSSR count). The summed E-state index contributed by atoms with van der Waals surface area (Å²) >= 11 is 0. The number of hydrogen-bond donors (Lipinski definition) is 0. The first-order valence-corrected chi connectivity index (χ1v) is 9.88. The molecule has 0 radical (unpaired) electrons. The zero-order valence-electron chi connectivity index (χ0n) is 17.7. The number of nitrogens with zero attached hydrogens (tertiary/aromatic N) is 2. The summed E-state index contributed by atoms with van der Waals surface area (Å²) in [7, 11) is 0. The molecule has 0 aliphatic carbocycles. The zero-order chi connectivity index (χ0) is 21.7. The van der Waals surface area contributed by atoms with Crippen molar-refractivity contribution in [2.45, 2.75) is 39.7 Å². The van der Waals surface area contributed by atoms with Crippen LogP contribution in [-0.2, 0) is 16.8 Å². The first-order chi connectivity index (χ1) is 14.3. The average Bonchev–Trinajstić information content (AvgIpc) is 2.73. The van der Waals surface area contributed by atoms with Gasteiger partial charge in [0, 0.05) is 0 Å². The molecule has 0 aliphatic heterocycles. The Morgan fingerprint density at radius 2 is 1.70 bits per heavy atom. The van der Waals surface area contributed by atoms with Crippen LogP contribution in [0.2, 0.25) is 0 Å². The molecule has 0 N–H and O–H groups in total. The van der Waals surface area contributed by atoms with E-state index in [1.165, 1.54) is 16.4 Å². The van der Waals surface area contributed by atoms with Gasteiger partial charge in [-0.1, -0.05) is 63.2 Å². The van der Waals surface area contributed by atoms with E-state index in [-0.39, 0.29) is 30.1 Å². The Hall–Kier alpha value is -3.41. The molecule has 1 heterocycles. The summed E-state index contributed by atoms with van der Waals surface area (Å²) in [4.78, 5) is 25.1. The summed E-state index contributed by atoms with van der Waals surface area (Å²) in [6.07, 6.45) is 1.50. The number of ether oxygens (including phenoxy) is 2. The van der Waals surface area contributed by atoms with Crippen molar-refractivity contribution in [2.24, 2.45) is 0 Å². The number of rotatable bonds is 6. The van der Waals surface area contributed by atoms with E-state index in [2.05, 4.69) is 25.9 Å². The molecular formula is C24H26N2O4. The second-order valence-corrected chi connectivity index (χ2v) is 7.91. The number of carbonyl (C=O) groups excluding carboxylic acids is 1. The highest BCUT2D eigenvalue weighted by Gasteiger charge is 2.20. The second kappa shape index (κ2) is 8.95. The van der Waals surface area contributed by atoms with Crippen molar-refractivity contribution in [1.82, 2.24) is 9.78 Å². The summed E-state index contributed by atoms with van der Waals surface area (Å²) in [5.41, 5.74) is 1.90. The van der Waals surface area contributed by atoms with Gasteiger partial charge in [0.25, 0.3) is 5.43 Å². The van der Waals surface area contributed by atoms with Crippen LogP contribution in [0.4, 0.5) is 0 Å². The minimum Gasteiger partial charge on any atom is -0.483 e. The smallest absolute Gasteiger partial charge is 0.363 e. The van der Waals surface area contributed by atoms with Gasteiger partial charge in [0.1, 0.15) is 6.61 Å². The average molecular weight is 406 g/mol. The molecule has 2 aromatic carbocycles. The maximum absolute atomic E-state index is 12.8. The lowest BCUT2D eigenvalue weighted by molar-refractivity contribution is 0.0514. The van der Waals surface area contributed by atoms with Gasteiger partial charge in [0.05, 0.1) is 18.5 Å². The van der Waals surface area contributed by atoms with Crippen molar-refractivity contribution in [3.8, 4) is 11.4 Å². The molecular weight excluding hydrogens is 380 g/mol. The first kappa shape index (κ1) is 21.3. The predicted octanol–water partition coefficient (Wildman–Crippen LogP) is 4.29. The molecule has 1 aromatic heterocycles. The molecule has 0 saturated heterocycles. The maximum atomic E-state index is 12.8. The summed E-state index contributed by atoms with van der Waals surface area (Å²) in [6.45, 7) is 8.42. The van der Waals surface area contributed by atoms with Gasteiger partial charge in [-0.25, -0.2) is 9.48 Å². The van der Waals surface area contributed by atoms with E-state index in [1.54, 1.807) is 6.92 Å². The fourth-order valence-electron chi connectivity index (χ4n) is 2.89. The Bertz CT molecular complexity index is 1070. The molecule has 30 heavy (non-hydrogen) atoms. The van der Waals surface area contributed by atoms with Crippen LogP contribution in [0, 0.1) is 0 Å². The summed E-state index contributed by atoms with van der Waals surface area (Å²) in [5, 5.41) is 4.22. The number of hydrogen-bond acceptors (Lipinski definition) is 5. The van der Waals surface area contributed by atoms with Gasteiger partial charge in [-0.15, -0.1) is 0 Å². The normalized spacial score (nSPS) is 11.2. The number of esters is 1. The minimum atomic E-state index is -0.771. The molecule has 6 nitrogen and oxygen atoms in total. The van der Waals surface area contributed by atoms with Gasteiger partial charge in [0.2, 0.25) is 5.69 Å². The molecule has 0 unspecified atom stereocenters. The lowest BCUT2D eigenvalue weighted by atomic mass is 9.87. The van der Waals surface area contributed by atoms with Crippen LogP contribution in [-0.4, -0.2) is 22.4 Å². The Morgan fingerprint density at radius 3 is 2.30 bits per heavy atom. The topological polar surface area (TPSA) is 70.4 Å². The summed E-state index contributed by atoms with van der Waals surface area (Å²) < 4.78 is 12.2. The maximum Gasteiger partial charge on any atom is 0.363 e. The molecule has 0 amide bonds. The van der Waals surface area contributed by atoms with Gasteiger partial charge in [0.15, 0.2) is 5.75 Å². The molecule has 0 fully saturated rings. The van der Waals surface area contributed by atoms with Crippen molar-refractivity contribution in [1.29, 1.82) is 0 Å². The van der Waals surface area contributed by atoms with Gasteiger partial charge in [-0.3, -0.25) is 4.79 Å². The monoisotopic (exact) mass is 406 g/mol. The summed E-state index contributed by atoms with van der Waals surface area (Å²) in [6, 6.07) is 17.3. The SMILES string of the molecule is CCOC(=O)c1nn(-c2ccc(C(C)(C)C)cc2)cc(OCc2ccccc2)c1=O. The Balaban J connectivity index is 2.00. The van der Waals surface area contributed by atoms with Crippen LogP contribution < -0.4 is 10.2 Å². The van der Waals surface area contributed by atoms with Crippen LogP contribution in [0.15, 0.2) is 65.6 Å².